The number of esters is 1. The molecule has 1 aliphatic rings. The summed E-state index contributed by atoms with van der Waals surface area (Å²) in [7, 11) is -2.76. The van der Waals surface area contributed by atoms with Crippen molar-refractivity contribution in [1.82, 2.24) is 0 Å². The lowest BCUT2D eigenvalue weighted by atomic mass is 10.2. The molecular formula is C20H22ClNO5S. The van der Waals surface area contributed by atoms with Crippen molar-refractivity contribution in [3.8, 4) is 5.75 Å². The van der Waals surface area contributed by atoms with E-state index < -0.39 is 22.5 Å². The smallest absolute Gasteiger partial charge is 0.326 e. The van der Waals surface area contributed by atoms with Gasteiger partial charge < -0.3 is 9.47 Å². The number of ether oxygens (including phenoxy) is 2. The maximum atomic E-state index is 13.1. The van der Waals surface area contributed by atoms with E-state index in [1.165, 1.54) is 31.4 Å². The second-order valence-corrected chi connectivity index (χ2v) is 8.86. The summed E-state index contributed by atoms with van der Waals surface area (Å²) in [6.45, 7) is -0.440. The molecule has 1 aliphatic carbocycles. The molecule has 0 N–H and O–H groups in total. The van der Waals surface area contributed by atoms with Crippen LogP contribution in [0.5, 0.6) is 5.75 Å². The van der Waals surface area contributed by atoms with Crippen molar-refractivity contribution in [2.24, 2.45) is 0 Å². The van der Waals surface area contributed by atoms with Gasteiger partial charge in [0.2, 0.25) is 0 Å². The molecule has 0 spiro atoms. The minimum absolute atomic E-state index is 0.0343. The van der Waals surface area contributed by atoms with E-state index in [1.54, 1.807) is 24.3 Å². The summed E-state index contributed by atoms with van der Waals surface area (Å²) in [5.74, 6) is 0.0152. The molecule has 150 valence electrons. The van der Waals surface area contributed by atoms with Gasteiger partial charge >= 0.3 is 5.97 Å². The molecule has 2 aromatic carbocycles. The molecular weight excluding hydrogens is 402 g/mol. The van der Waals surface area contributed by atoms with Crippen LogP contribution in [0.2, 0.25) is 5.02 Å². The number of anilines is 1. The van der Waals surface area contributed by atoms with Gasteiger partial charge in [0.05, 0.1) is 23.8 Å². The standard InChI is InChI=1S/C20H22ClNO5S/c1-26-20(23)14-22(28(24,25)19-12-6-15(21)7-13-19)16-8-10-18(11-9-16)27-17-4-2-3-5-17/h6-13,17H,2-5,14H2,1H3. The lowest BCUT2D eigenvalue weighted by Gasteiger charge is -2.24. The lowest BCUT2D eigenvalue weighted by molar-refractivity contribution is -0.138. The predicted molar refractivity (Wildman–Crippen MR) is 107 cm³/mol. The van der Waals surface area contributed by atoms with Gasteiger partial charge in [-0.1, -0.05) is 11.6 Å². The maximum absolute atomic E-state index is 13.1. The zero-order valence-electron chi connectivity index (χ0n) is 15.5. The first-order valence-electron chi connectivity index (χ1n) is 9.02. The van der Waals surface area contributed by atoms with Gasteiger partial charge in [0, 0.05) is 5.02 Å². The number of sulfonamides is 1. The number of rotatable bonds is 7. The molecule has 1 saturated carbocycles. The van der Waals surface area contributed by atoms with Gasteiger partial charge in [-0.3, -0.25) is 9.10 Å². The minimum Gasteiger partial charge on any atom is -0.490 e. The molecule has 0 atom stereocenters. The number of methoxy groups -OCH3 is 1. The fourth-order valence-corrected chi connectivity index (χ4v) is 4.66. The van der Waals surface area contributed by atoms with Crippen LogP contribution in [0.4, 0.5) is 5.69 Å². The first-order valence-corrected chi connectivity index (χ1v) is 10.8. The van der Waals surface area contributed by atoms with Crippen LogP contribution < -0.4 is 9.04 Å². The zero-order valence-corrected chi connectivity index (χ0v) is 17.1. The fraction of sp³-hybridized carbons (Fsp3) is 0.350. The molecule has 0 amide bonds. The van der Waals surface area contributed by atoms with E-state index in [0.29, 0.717) is 16.5 Å². The number of benzene rings is 2. The van der Waals surface area contributed by atoms with Gasteiger partial charge in [-0.25, -0.2) is 8.42 Å². The van der Waals surface area contributed by atoms with Crippen molar-refractivity contribution in [2.45, 2.75) is 36.7 Å². The van der Waals surface area contributed by atoms with Crippen molar-refractivity contribution in [2.75, 3.05) is 18.0 Å². The van der Waals surface area contributed by atoms with Gasteiger partial charge in [0.25, 0.3) is 10.0 Å². The quantitative estimate of drug-likeness (QED) is 0.628. The molecule has 1 fully saturated rings. The van der Waals surface area contributed by atoms with Crippen molar-refractivity contribution >= 4 is 33.3 Å². The van der Waals surface area contributed by atoms with Crippen LogP contribution in [0, 0.1) is 0 Å². The number of hydrogen-bond acceptors (Lipinski definition) is 5. The summed E-state index contributed by atoms with van der Waals surface area (Å²) in [4.78, 5) is 11.9. The monoisotopic (exact) mass is 423 g/mol. The van der Waals surface area contributed by atoms with Gasteiger partial charge in [0.15, 0.2) is 0 Å². The van der Waals surface area contributed by atoms with E-state index in [4.69, 9.17) is 16.3 Å². The molecule has 0 saturated heterocycles. The van der Waals surface area contributed by atoms with E-state index in [2.05, 4.69) is 4.74 Å². The van der Waals surface area contributed by atoms with E-state index in [-0.39, 0.29) is 11.0 Å². The zero-order chi connectivity index (χ0) is 20.1. The summed E-state index contributed by atoms with van der Waals surface area (Å²) in [5, 5.41) is 0.423. The number of hydrogen-bond donors (Lipinski definition) is 0. The lowest BCUT2D eigenvalue weighted by Crippen LogP contribution is -2.36. The van der Waals surface area contributed by atoms with Crippen molar-refractivity contribution in [1.29, 1.82) is 0 Å². The molecule has 0 unspecified atom stereocenters. The number of carbonyl (C=O) groups is 1. The molecule has 0 radical (unpaired) electrons. The molecule has 0 bridgehead atoms. The Morgan fingerprint density at radius 1 is 1.07 bits per heavy atom. The third kappa shape index (κ3) is 4.77. The third-order valence-electron chi connectivity index (χ3n) is 4.63. The van der Waals surface area contributed by atoms with Gasteiger partial charge in [-0.15, -0.1) is 0 Å². The topological polar surface area (TPSA) is 72.9 Å². The summed E-state index contributed by atoms with van der Waals surface area (Å²) in [6, 6.07) is 12.5. The van der Waals surface area contributed by atoms with Crippen LogP contribution in [0.3, 0.4) is 0 Å². The second kappa shape index (κ2) is 8.84. The van der Waals surface area contributed by atoms with Gasteiger partial charge in [0.1, 0.15) is 12.3 Å². The summed E-state index contributed by atoms with van der Waals surface area (Å²) < 4.78 is 37.8. The molecule has 8 heteroatoms. The normalized spacial score (nSPS) is 14.6. The van der Waals surface area contributed by atoms with E-state index in [9.17, 15) is 13.2 Å². The van der Waals surface area contributed by atoms with Crippen LogP contribution in [0.25, 0.3) is 0 Å². The number of halogens is 1. The van der Waals surface area contributed by atoms with Crippen molar-refractivity contribution < 1.29 is 22.7 Å². The number of carbonyl (C=O) groups excluding carboxylic acids is 1. The minimum atomic E-state index is -3.98. The molecule has 2 aromatic rings. The highest BCUT2D eigenvalue weighted by molar-refractivity contribution is 7.92. The average Bonchev–Trinajstić information content (AvgIpc) is 3.20. The molecule has 28 heavy (non-hydrogen) atoms. The SMILES string of the molecule is COC(=O)CN(c1ccc(OC2CCCC2)cc1)S(=O)(=O)c1ccc(Cl)cc1. The van der Waals surface area contributed by atoms with Gasteiger partial charge in [-0.05, 0) is 74.2 Å². The Balaban J connectivity index is 1.88. The highest BCUT2D eigenvalue weighted by Gasteiger charge is 2.27. The van der Waals surface area contributed by atoms with Gasteiger partial charge in [-0.2, -0.15) is 0 Å². The van der Waals surface area contributed by atoms with Crippen LogP contribution in [0.1, 0.15) is 25.7 Å². The van der Waals surface area contributed by atoms with Crippen LogP contribution in [0.15, 0.2) is 53.4 Å². The first-order chi connectivity index (χ1) is 13.4. The van der Waals surface area contributed by atoms with E-state index in [0.717, 1.165) is 30.0 Å². The maximum Gasteiger partial charge on any atom is 0.326 e. The molecule has 0 aliphatic heterocycles. The van der Waals surface area contributed by atoms with Crippen LogP contribution in [-0.2, 0) is 19.6 Å². The highest BCUT2D eigenvalue weighted by atomic mass is 35.5. The number of nitrogens with zero attached hydrogens (tertiary/aromatic N) is 1. The highest BCUT2D eigenvalue weighted by Crippen LogP contribution is 2.29. The van der Waals surface area contributed by atoms with E-state index >= 15 is 0 Å². The van der Waals surface area contributed by atoms with Crippen LogP contribution in [-0.4, -0.2) is 34.1 Å². The fourth-order valence-electron chi connectivity index (χ4n) is 3.12. The summed E-state index contributed by atoms with van der Waals surface area (Å²) >= 11 is 5.86. The third-order valence-corrected chi connectivity index (χ3v) is 6.67. The Kier molecular flexibility index (Phi) is 6.46. The summed E-state index contributed by atoms with van der Waals surface area (Å²) in [6.07, 6.45) is 4.58. The Labute approximate surface area is 170 Å². The van der Waals surface area contributed by atoms with Crippen LogP contribution >= 0.6 is 11.6 Å². The largest absolute Gasteiger partial charge is 0.490 e. The molecule has 3 rings (SSSR count). The average molecular weight is 424 g/mol. The predicted octanol–water partition coefficient (Wildman–Crippen LogP) is 4.03. The Bertz CT molecular complexity index is 907. The van der Waals surface area contributed by atoms with E-state index in [1.807, 2.05) is 0 Å². The second-order valence-electron chi connectivity index (χ2n) is 6.56. The Morgan fingerprint density at radius 2 is 1.68 bits per heavy atom. The Morgan fingerprint density at radius 3 is 2.25 bits per heavy atom. The first kappa shape index (κ1) is 20.5. The molecule has 0 heterocycles. The Hall–Kier alpha value is -2.25. The molecule has 0 aromatic heterocycles. The van der Waals surface area contributed by atoms with Crippen molar-refractivity contribution in [3.63, 3.8) is 0 Å². The summed E-state index contributed by atoms with van der Waals surface area (Å²) in [5.41, 5.74) is 0.346. The molecule has 6 nitrogen and oxygen atoms in total. The van der Waals surface area contributed by atoms with Crippen molar-refractivity contribution in [3.05, 3.63) is 53.6 Å².